The average Bonchev–Trinajstić information content (AvgIpc) is 2.83. The Hall–Kier alpha value is -4.25. The molecule has 0 bridgehead atoms. The van der Waals surface area contributed by atoms with Crippen molar-refractivity contribution in [2.24, 2.45) is 0 Å². The van der Waals surface area contributed by atoms with Crippen molar-refractivity contribution in [1.29, 1.82) is 0 Å². The highest BCUT2D eigenvalue weighted by molar-refractivity contribution is 5.96. The second kappa shape index (κ2) is 11.3. The Kier molecular flexibility index (Phi) is 8.16. The number of allylic oxidation sites excluding steroid dienone is 1. The highest BCUT2D eigenvalue weighted by Crippen LogP contribution is 2.23. The van der Waals surface area contributed by atoms with Gasteiger partial charge in [0.05, 0.1) is 0 Å². The maximum Gasteiger partial charge on any atom is 0.339 e. The summed E-state index contributed by atoms with van der Waals surface area (Å²) in [7, 11) is 0. The lowest BCUT2D eigenvalue weighted by molar-refractivity contribution is -0.140. The summed E-state index contributed by atoms with van der Waals surface area (Å²) in [4.78, 5) is 36.0. The third kappa shape index (κ3) is 7.11. The van der Waals surface area contributed by atoms with E-state index in [1.807, 2.05) is 48.5 Å². The fraction of sp³-hybridized carbons (Fsp3) is 0.167. The summed E-state index contributed by atoms with van der Waals surface area (Å²) in [6.07, 6.45) is 2.05. The van der Waals surface area contributed by atoms with E-state index in [9.17, 15) is 14.4 Å². The number of carbonyl (C=O) groups excluding carboxylic acids is 3. The van der Waals surface area contributed by atoms with Crippen LogP contribution in [0.2, 0.25) is 0 Å². The van der Waals surface area contributed by atoms with Gasteiger partial charge in [-0.2, -0.15) is 0 Å². The van der Waals surface area contributed by atoms with Crippen molar-refractivity contribution < 1.29 is 23.9 Å². The minimum absolute atomic E-state index is 0.00544. The minimum atomic E-state index is -0.450. The lowest BCUT2D eigenvalue weighted by Gasteiger charge is -2.08. The third-order valence-electron chi connectivity index (χ3n) is 5.33. The topological polar surface area (TPSA) is 69.7 Å². The largest absolute Gasteiger partial charge is 0.457 e. The van der Waals surface area contributed by atoms with Crippen LogP contribution in [0.25, 0.3) is 16.8 Å². The Morgan fingerprint density at radius 2 is 1.40 bits per heavy atom. The van der Waals surface area contributed by atoms with E-state index in [-0.39, 0.29) is 12.4 Å². The molecule has 0 heterocycles. The molecule has 0 aliphatic carbocycles. The summed E-state index contributed by atoms with van der Waals surface area (Å²) in [6, 6.07) is 18.5. The molecule has 3 rings (SSSR count). The molecule has 0 amide bonds. The molecule has 0 saturated carbocycles. The summed E-state index contributed by atoms with van der Waals surface area (Å²) < 4.78 is 10.7. The first-order chi connectivity index (χ1) is 16.6. The van der Waals surface area contributed by atoms with Crippen LogP contribution in [0.1, 0.15) is 37.5 Å². The average molecular weight is 469 g/mol. The molecule has 5 nitrogen and oxygen atoms in total. The van der Waals surface area contributed by atoms with Crippen LogP contribution < -0.4 is 4.74 Å². The summed E-state index contributed by atoms with van der Waals surface area (Å²) in [5.74, 6) is -0.435. The van der Waals surface area contributed by atoms with Crippen molar-refractivity contribution in [2.45, 2.75) is 33.8 Å². The van der Waals surface area contributed by atoms with Crippen LogP contribution >= 0.6 is 0 Å². The van der Waals surface area contributed by atoms with Crippen LogP contribution in [0.5, 0.6) is 5.75 Å². The molecule has 0 fully saturated rings. The van der Waals surface area contributed by atoms with E-state index in [4.69, 9.17) is 9.47 Å². The number of Topliss-reactive ketones (excluding diaryl/α,β-unsaturated/α-hetero) is 1. The van der Waals surface area contributed by atoms with Crippen molar-refractivity contribution in [3.8, 4) is 5.75 Å². The van der Waals surface area contributed by atoms with Crippen LogP contribution in [0, 0.1) is 0 Å². The quantitative estimate of drug-likeness (QED) is 0.214. The number of fused-ring (bicyclic) bond motifs is 1. The molecule has 5 heteroatoms. The van der Waals surface area contributed by atoms with Crippen LogP contribution in [0.15, 0.2) is 90.5 Å². The molecule has 0 aliphatic rings. The first-order valence-electron chi connectivity index (χ1n) is 11.2. The van der Waals surface area contributed by atoms with Crippen molar-refractivity contribution in [1.82, 2.24) is 0 Å². The maximum atomic E-state index is 12.6. The highest BCUT2D eigenvalue weighted by Gasteiger charge is 2.10. The van der Waals surface area contributed by atoms with E-state index >= 15 is 0 Å². The molecule has 3 aromatic rings. The number of hydrogen-bond donors (Lipinski definition) is 0. The van der Waals surface area contributed by atoms with Crippen molar-refractivity contribution in [3.63, 3.8) is 0 Å². The van der Waals surface area contributed by atoms with E-state index in [1.165, 1.54) is 0 Å². The molecule has 35 heavy (non-hydrogen) atoms. The Morgan fingerprint density at radius 3 is 2.06 bits per heavy atom. The van der Waals surface area contributed by atoms with Gasteiger partial charge in [-0.1, -0.05) is 55.6 Å². The van der Waals surface area contributed by atoms with Gasteiger partial charge in [-0.15, -0.1) is 0 Å². The van der Waals surface area contributed by atoms with Crippen molar-refractivity contribution in [2.75, 3.05) is 0 Å². The zero-order valence-electron chi connectivity index (χ0n) is 20.2. The Morgan fingerprint density at radius 1 is 0.771 bits per heavy atom. The number of ether oxygens (including phenoxy) is 2. The van der Waals surface area contributed by atoms with Gasteiger partial charge in [0.2, 0.25) is 0 Å². The summed E-state index contributed by atoms with van der Waals surface area (Å²) >= 11 is 0. The monoisotopic (exact) mass is 468 g/mol. The lowest BCUT2D eigenvalue weighted by atomic mass is 10.0. The minimum Gasteiger partial charge on any atom is -0.457 e. The van der Waals surface area contributed by atoms with Crippen LogP contribution in [0.4, 0.5) is 0 Å². The zero-order chi connectivity index (χ0) is 25.5. The zero-order valence-corrected chi connectivity index (χ0v) is 20.2. The van der Waals surface area contributed by atoms with Gasteiger partial charge in [-0.05, 0) is 78.1 Å². The van der Waals surface area contributed by atoms with Crippen LogP contribution in [0.3, 0.4) is 0 Å². The highest BCUT2D eigenvalue weighted by atomic mass is 16.5. The Bertz CT molecular complexity index is 1340. The molecule has 0 aliphatic heterocycles. The number of benzene rings is 3. The van der Waals surface area contributed by atoms with E-state index < -0.39 is 11.9 Å². The maximum absolute atomic E-state index is 12.6. The van der Waals surface area contributed by atoms with Gasteiger partial charge in [0.15, 0.2) is 5.78 Å². The van der Waals surface area contributed by atoms with E-state index in [2.05, 4.69) is 13.2 Å². The Balaban J connectivity index is 1.65. The van der Waals surface area contributed by atoms with Gasteiger partial charge >= 0.3 is 11.9 Å². The lowest BCUT2D eigenvalue weighted by Crippen LogP contribution is -2.09. The molecular formula is C30H28O5. The molecule has 0 N–H and O–H groups in total. The summed E-state index contributed by atoms with van der Waals surface area (Å²) in [5.41, 5.74) is 3.92. The number of hydrogen-bond acceptors (Lipinski definition) is 5. The van der Waals surface area contributed by atoms with Crippen molar-refractivity contribution >= 4 is 34.6 Å². The van der Waals surface area contributed by atoms with Gasteiger partial charge in [-0.3, -0.25) is 4.79 Å². The van der Waals surface area contributed by atoms with Crippen LogP contribution in [-0.2, 0) is 32.1 Å². The van der Waals surface area contributed by atoms with E-state index in [0.29, 0.717) is 28.9 Å². The number of carbonyl (C=O) groups is 3. The first kappa shape index (κ1) is 25.4. The fourth-order valence-corrected chi connectivity index (χ4v) is 3.26. The second-order valence-electron chi connectivity index (χ2n) is 8.54. The van der Waals surface area contributed by atoms with Crippen molar-refractivity contribution in [3.05, 3.63) is 107 Å². The van der Waals surface area contributed by atoms with E-state index in [0.717, 1.165) is 27.5 Å². The molecule has 178 valence electrons. The summed E-state index contributed by atoms with van der Waals surface area (Å²) in [5, 5.41) is 1.83. The van der Waals surface area contributed by atoms with E-state index in [1.54, 1.807) is 39.0 Å². The van der Waals surface area contributed by atoms with Crippen LogP contribution in [-0.4, -0.2) is 17.7 Å². The Labute approximate surface area is 205 Å². The molecule has 0 spiro atoms. The summed E-state index contributed by atoms with van der Waals surface area (Å²) in [6.45, 7) is 12.4. The molecular weight excluding hydrogens is 440 g/mol. The normalized spacial score (nSPS) is 11.1. The molecule has 0 saturated heterocycles. The number of esters is 2. The molecule has 0 aromatic heterocycles. The van der Waals surface area contributed by atoms with Gasteiger partial charge in [0.25, 0.3) is 0 Å². The van der Waals surface area contributed by atoms with Gasteiger partial charge < -0.3 is 9.47 Å². The fourth-order valence-electron chi connectivity index (χ4n) is 3.26. The second-order valence-corrected chi connectivity index (χ2v) is 8.54. The number of ketones is 1. The molecule has 0 radical (unpaired) electrons. The van der Waals surface area contributed by atoms with Gasteiger partial charge in [-0.25, -0.2) is 9.59 Å². The molecule has 0 atom stereocenters. The predicted molar refractivity (Wildman–Crippen MR) is 138 cm³/mol. The van der Waals surface area contributed by atoms with Gasteiger partial charge in [0, 0.05) is 17.6 Å². The third-order valence-corrected chi connectivity index (χ3v) is 5.33. The molecule has 0 unspecified atom stereocenters. The standard InChI is InChI=1S/C30H28O5/c1-19(2)28(31)16-23-8-6-22(7-9-23)14-21(5)30(33)35-27-13-12-25-15-24(10-11-26(25)17-27)18-34-29(32)20(3)4/h6-15,17H,1,3,16,18H2,2,4-5H3/b21-14+. The predicted octanol–water partition coefficient (Wildman–Crippen LogP) is 6.16. The van der Waals surface area contributed by atoms with Gasteiger partial charge in [0.1, 0.15) is 12.4 Å². The smallest absolute Gasteiger partial charge is 0.339 e. The first-order valence-corrected chi connectivity index (χ1v) is 11.2. The molecule has 3 aromatic carbocycles. The SMILES string of the molecule is C=C(C)C(=O)Cc1ccc(/C=C(\C)C(=O)Oc2ccc3cc(COC(=O)C(=C)C)ccc3c2)cc1. The number of rotatable bonds is 9.